The third-order valence-electron chi connectivity index (χ3n) is 7.63. The highest BCUT2D eigenvalue weighted by molar-refractivity contribution is 6.74. The summed E-state index contributed by atoms with van der Waals surface area (Å²) in [5, 5.41) is 0.138. The first-order valence-electron chi connectivity index (χ1n) is 8.88. The number of carbonyl (C=O) groups excluding carboxylic acids is 2. The molecule has 1 saturated carbocycles. The van der Waals surface area contributed by atoms with Crippen LogP contribution in [0.15, 0.2) is 0 Å². The summed E-state index contributed by atoms with van der Waals surface area (Å²) in [4.78, 5) is 27.5. The Morgan fingerprint density at radius 2 is 1.78 bits per heavy atom. The predicted octanol–water partition coefficient (Wildman–Crippen LogP) is 3.57. The summed E-state index contributed by atoms with van der Waals surface area (Å²) < 4.78 is 6.34. The third kappa shape index (κ3) is 1.98. The van der Waals surface area contributed by atoms with E-state index < -0.39 is 19.1 Å². The van der Waals surface area contributed by atoms with E-state index in [-0.39, 0.29) is 22.9 Å². The maximum absolute atomic E-state index is 13.0. The number of fused-ring (bicyclic) bond motifs is 1. The van der Waals surface area contributed by atoms with E-state index in [0.717, 1.165) is 19.3 Å². The fraction of sp³-hybridized carbons (Fsp3) is 0.889. The SMILES string of the molecule is CC(C)(C)[Si](C)(C)OC[C@H]1CC[C@@H]2C[C@]3(C)C(=O)N1C(=O)[C@]23C. The van der Waals surface area contributed by atoms with Gasteiger partial charge in [0.15, 0.2) is 8.32 Å². The van der Waals surface area contributed by atoms with Crippen LogP contribution in [-0.4, -0.2) is 37.7 Å². The number of imide groups is 1. The van der Waals surface area contributed by atoms with Crippen LogP contribution in [0.4, 0.5) is 0 Å². The van der Waals surface area contributed by atoms with Gasteiger partial charge in [0.1, 0.15) is 0 Å². The van der Waals surface area contributed by atoms with Crippen molar-refractivity contribution < 1.29 is 14.0 Å². The van der Waals surface area contributed by atoms with Crippen molar-refractivity contribution in [3.8, 4) is 0 Å². The molecule has 4 atom stereocenters. The Morgan fingerprint density at radius 1 is 1.17 bits per heavy atom. The Kier molecular flexibility index (Phi) is 3.50. The molecule has 0 aromatic heterocycles. The molecule has 0 unspecified atom stereocenters. The standard InChI is InChI=1S/C18H31NO3Si/c1-16(2,3)23(6,7)22-11-13-9-8-12-10-17(4)14(20)19(13)15(21)18(12,17)5/h12-13H,8-11H2,1-7H3/t12-,13-,17-,18+/m1/s1. The number of amides is 2. The van der Waals surface area contributed by atoms with Crippen LogP contribution in [0, 0.1) is 16.7 Å². The van der Waals surface area contributed by atoms with Gasteiger partial charge in [-0.2, -0.15) is 0 Å². The van der Waals surface area contributed by atoms with Gasteiger partial charge in [0.2, 0.25) is 11.8 Å². The number of carbonyl (C=O) groups is 2. The fourth-order valence-corrected chi connectivity index (χ4v) is 5.52. The highest BCUT2D eigenvalue weighted by atomic mass is 28.4. The molecule has 2 aliphatic heterocycles. The molecule has 23 heavy (non-hydrogen) atoms. The molecule has 2 saturated heterocycles. The second-order valence-corrected chi connectivity index (χ2v) is 14.5. The average molecular weight is 338 g/mol. The predicted molar refractivity (Wildman–Crippen MR) is 92.3 cm³/mol. The Balaban J connectivity index is 1.81. The molecular weight excluding hydrogens is 306 g/mol. The lowest BCUT2D eigenvalue weighted by Crippen LogP contribution is -2.57. The monoisotopic (exact) mass is 337 g/mol. The van der Waals surface area contributed by atoms with Crippen molar-refractivity contribution in [2.45, 2.75) is 78.1 Å². The zero-order chi connectivity index (χ0) is 17.4. The number of hydrogen-bond donors (Lipinski definition) is 0. The van der Waals surface area contributed by atoms with Gasteiger partial charge in [-0.25, -0.2) is 0 Å². The van der Waals surface area contributed by atoms with Crippen LogP contribution in [0.2, 0.25) is 18.1 Å². The Hall–Kier alpha value is -0.683. The summed E-state index contributed by atoms with van der Waals surface area (Å²) in [6.45, 7) is 15.6. The van der Waals surface area contributed by atoms with Gasteiger partial charge in [0, 0.05) is 0 Å². The van der Waals surface area contributed by atoms with Crippen molar-refractivity contribution >= 4 is 20.1 Å². The van der Waals surface area contributed by atoms with Gasteiger partial charge in [0.05, 0.1) is 23.5 Å². The molecule has 0 radical (unpaired) electrons. The zero-order valence-corrected chi connectivity index (χ0v) is 16.7. The fourth-order valence-electron chi connectivity index (χ4n) is 4.48. The van der Waals surface area contributed by atoms with Crippen LogP contribution >= 0.6 is 0 Å². The maximum Gasteiger partial charge on any atom is 0.236 e. The summed E-state index contributed by atoms with van der Waals surface area (Å²) in [7, 11) is -1.87. The Morgan fingerprint density at radius 3 is 2.35 bits per heavy atom. The van der Waals surface area contributed by atoms with E-state index in [4.69, 9.17) is 4.43 Å². The first-order chi connectivity index (χ1) is 10.4. The van der Waals surface area contributed by atoms with E-state index in [9.17, 15) is 9.59 Å². The molecule has 3 rings (SSSR count). The van der Waals surface area contributed by atoms with E-state index in [1.54, 1.807) is 4.90 Å². The van der Waals surface area contributed by atoms with Gasteiger partial charge >= 0.3 is 0 Å². The number of hydrogen-bond acceptors (Lipinski definition) is 3. The smallest absolute Gasteiger partial charge is 0.236 e. The Labute approximate surface area is 141 Å². The van der Waals surface area contributed by atoms with Crippen molar-refractivity contribution in [3.05, 3.63) is 0 Å². The van der Waals surface area contributed by atoms with Crippen molar-refractivity contribution in [2.24, 2.45) is 16.7 Å². The van der Waals surface area contributed by atoms with Crippen LogP contribution in [0.5, 0.6) is 0 Å². The van der Waals surface area contributed by atoms with Gasteiger partial charge in [-0.1, -0.05) is 20.8 Å². The van der Waals surface area contributed by atoms with Crippen LogP contribution in [0.3, 0.4) is 0 Å². The van der Waals surface area contributed by atoms with Crippen LogP contribution in [0.1, 0.15) is 53.9 Å². The van der Waals surface area contributed by atoms with E-state index in [2.05, 4.69) is 33.9 Å². The first-order valence-corrected chi connectivity index (χ1v) is 11.8. The molecule has 1 aliphatic carbocycles. The van der Waals surface area contributed by atoms with Crippen molar-refractivity contribution in [1.29, 1.82) is 0 Å². The van der Waals surface area contributed by atoms with Gasteiger partial charge in [-0.3, -0.25) is 14.5 Å². The third-order valence-corrected chi connectivity index (χ3v) is 12.1. The van der Waals surface area contributed by atoms with E-state index in [1.807, 2.05) is 13.8 Å². The molecule has 5 heteroatoms. The minimum atomic E-state index is -1.87. The molecule has 0 N–H and O–H groups in total. The lowest BCUT2D eigenvalue weighted by atomic mass is 9.45. The van der Waals surface area contributed by atoms with Crippen molar-refractivity contribution in [3.63, 3.8) is 0 Å². The highest BCUT2D eigenvalue weighted by Crippen LogP contribution is 2.68. The number of nitrogens with zero attached hydrogens (tertiary/aromatic N) is 1. The molecule has 0 aromatic carbocycles. The van der Waals surface area contributed by atoms with Crippen LogP contribution in [-0.2, 0) is 14.0 Å². The molecule has 4 nitrogen and oxygen atoms in total. The molecular formula is C18H31NO3Si. The second kappa shape index (κ2) is 4.69. The topological polar surface area (TPSA) is 46.6 Å². The minimum absolute atomic E-state index is 0.0461. The lowest BCUT2D eigenvalue weighted by Gasteiger charge is -2.54. The largest absolute Gasteiger partial charge is 0.415 e. The highest BCUT2D eigenvalue weighted by Gasteiger charge is 2.76. The molecule has 0 aromatic rings. The van der Waals surface area contributed by atoms with Gasteiger partial charge in [-0.05, 0) is 57.2 Å². The molecule has 2 amide bonds. The normalized spacial score (nSPS) is 40.2. The van der Waals surface area contributed by atoms with E-state index in [0.29, 0.717) is 12.5 Å². The summed E-state index contributed by atoms with van der Waals surface area (Å²) >= 11 is 0. The summed E-state index contributed by atoms with van der Waals surface area (Å²) in [5.41, 5.74) is -0.930. The summed E-state index contributed by atoms with van der Waals surface area (Å²) in [5.74, 6) is 0.471. The second-order valence-electron chi connectivity index (χ2n) is 9.72. The van der Waals surface area contributed by atoms with Gasteiger partial charge < -0.3 is 4.43 Å². The van der Waals surface area contributed by atoms with Gasteiger partial charge in [-0.15, -0.1) is 0 Å². The van der Waals surface area contributed by atoms with Gasteiger partial charge in [0.25, 0.3) is 0 Å². The van der Waals surface area contributed by atoms with Crippen molar-refractivity contribution in [2.75, 3.05) is 6.61 Å². The summed E-state index contributed by atoms with van der Waals surface area (Å²) in [6.07, 6.45) is 2.80. The average Bonchev–Trinajstić information content (AvgIpc) is 2.50. The molecule has 3 aliphatic rings. The molecule has 2 heterocycles. The van der Waals surface area contributed by atoms with E-state index in [1.165, 1.54) is 0 Å². The van der Waals surface area contributed by atoms with Crippen molar-refractivity contribution in [1.82, 2.24) is 4.90 Å². The quantitative estimate of drug-likeness (QED) is 0.584. The first kappa shape index (κ1) is 17.2. The molecule has 130 valence electrons. The van der Waals surface area contributed by atoms with E-state index >= 15 is 0 Å². The van der Waals surface area contributed by atoms with Crippen LogP contribution < -0.4 is 0 Å². The zero-order valence-electron chi connectivity index (χ0n) is 15.7. The minimum Gasteiger partial charge on any atom is -0.415 e. The summed E-state index contributed by atoms with van der Waals surface area (Å²) in [6, 6.07) is -0.0735. The molecule has 0 spiro atoms. The molecule has 3 fully saturated rings. The Bertz CT molecular complexity index is 567. The lowest BCUT2D eigenvalue weighted by molar-refractivity contribution is -0.160. The molecule has 2 bridgehead atoms. The maximum atomic E-state index is 13.0. The number of rotatable bonds is 3. The van der Waals surface area contributed by atoms with Crippen LogP contribution in [0.25, 0.3) is 0 Å².